The molecule has 0 saturated carbocycles. The Balaban J connectivity index is 2.68. The number of hydrogen-bond donors (Lipinski definition) is 3. The molecule has 0 heterocycles. The molecule has 2 amide bonds. The van der Waals surface area contributed by atoms with Gasteiger partial charge in [0.1, 0.15) is 0 Å². The van der Waals surface area contributed by atoms with Crippen molar-refractivity contribution in [1.29, 1.82) is 0 Å². The van der Waals surface area contributed by atoms with Gasteiger partial charge < -0.3 is 10.8 Å². The molecule has 0 spiro atoms. The molecule has 5 heteroatoms. The molecule has 0 saturated heterocycles. The van der Waals surface area contributed by atoms with Gasteiger partial charge in [-0.2, -0.15) is 0 Å². The molecule has 1 unspecified atom stereocenters. The third-order valence-corrected chi connectivity index (χ3v) is 2.40. The number of aliphatic hydroxyl groups excluding tert-OH is 1. The molecule has 1 aromatic rings. The van der Waals surface area contributed by atoms with Crippen LogP contribution in [0.25, 0.3) is 0 Å². The van der Waals surface area contributed by atoms with E-state index in [-0.39, 0.29) is 0 Å². The standard InChI is InChI=1S/C9H12N2O2S/c1-6(12)7-3-2-4-8(5-7)14-11-9(10)13/h2-6,12H,1H3,(H3,10,11,13). The van der Waals surface area contributed by atoms with Gasteiger partial charge in [0.2, 0.25) is 0 Å². The summed E-state index contributed by atoms with van der Waals surface area (Å²) in [5, 5.41) is 9.30. The molecule has 0 aromatic heterocycles. The molecule has 0 aliphatic rings. The summed E-state index contributed by atoms with van der Waals surface area (Å²) in [6.45, 7) is 1.69. The van der Waals surface area contributed by atoms with E-state index < -0.39 is 12.1 Å². The minimum atomic E-state index is -0.586. The zero-order chi connectivity index (χ0) is 10.6. The van der Waals surface area contributed by atoms with Gasteiger partial charge in [0.25, 0.3) is 0 Å². The van der Waals surface area contributed by atoms with Crippen molar-refractivity contribution in [3.05, 3.63) is 29.8 Å². The van der Waals surface area contributed by atoms with Crippen LogP contribution in [0.4, 0.5) is 4.79 Å². The lowest BCUT2D eigenvalue weighted by atomic mass is 10.1. The molecule has 0 fully saturated rings. The molecule has 1 rings (SSSR count). The normalized spacial score (nSPS) is 12.1. The van der Waals surface area contributed by atoms with Crippen LogP contribution in [0.5, 0.6) is 0 Å². The topological polar surface area (TPSA) is 75.3 Å². The number of carbonyl (C=O) groups excluding carboxylic acids is 1. The molecule has 4 N–H and O–H groups in total. The van der Waals surface area contributed by atoms with Crippen LogP contribution >= 0.6 is 11.9 Å². The van der Waals surface area contributed by atoms with Gasteiger partial charge in [-0.1, -0.05) is 12.1 Å². The largest absolute Gasteiger partial charge is 0.389 e. The summed E-state index contributed by atoms with van der Waals surface area (Å²) in [6.07, 6.45) is -0.510. The van der Waals surface area contributed by atoms with Gasteiger partial charge in [-0.3, -0.25) is 4.72 Å². The Kier molecular flexibility index (Phi) is 3.79. The van der Waals surface area contributed by atoms with E-state index >= 15 is 0 Å². The Bertz CT molecular complexity index is 328. The number of hydrogen-bond acceptors (Lipinski definition) is 3. The van der Waals surface area contributed by atoms with Crippen LogP contribution in [0.3, 0.4) is 0 Å². The van der Waals surface area contributed by atoms with Crippen LogP contribution < -0.4 is 10.5 Å². The number of benzene rings is 1. The summed E-state index contributed by atoms with van der Waals surface area (Å²) in [5.74, 6) is 0. The SMILES string of the molecule is CC(O)c1cccc(SNC(N)=O)c1. The first-order chi connectivity index (χ1) is 6.59. The fourth-order valence-electron chi connectivity index (χ4n) is 0.947. The van der Waals surface area contributed by atoms with Crippen molar-refractivity contribution in [1.82, 2.24) is 4.72 Å². The van der Waals surface area contributed by atoms with Gasteiger partial charge in [0.05, 0.1) is 6.10 Å². The van der Waals surface area contributed by atoms with Crippen molar-refractivity contribution in [3.8, 4) is 0 Å². The molecule has 76 valence electrons. The summed E-state index contributed by atoms with van der Waals surface area (Å²) in [6, 6.07) is 6.67. The Morgan fingerprint density at radius 2 is 2.36 bits per heavy atom. The maximum atomic E-state index is 10.4. The van der Waals surface area contributed by atoms with E-state index in [9.17, 15) is 9.90 Å². The number of nitrogens with one attached hydrogen (secondary N) is 1. The first-order valence-corrected chi connectivity index (χ1v) is 4.91. The third-order valence-electron chi connectivity index (χ3n) is 1.61. The van der Waals surface area contributed by atoms with Crippen LogP contribution in [0.1, 0.15) is 18.6 Å². The van der Waals surface area contributed by atoms with Crippen molar-refractivity contribution in [3.63, 3.8) is 0 Å². The second-order valence-corrected chi connectivity index (χ2v) is 3.70. The Morgan fingerprint density at radius 1 is 1.64 bits per heavy atom. The van der Waals surface area contributed by atoms with E-state index in [1.807, 2.05) is 18.2 Å². The highest BCUT2D eigenvalue weighted by Gasteiger charge is 2.02. The molecule has 4 nitrogen and oxygen atoms in total. The highest BCUT2D eigenvalue weighted by atomic mass is 32.2. The smallest absolute Gasteiger partial charge is 0.322 e. The lowest BCUT2D eigenvalue weighted by Gasteiger charge is -2.06. The van der Waals surface area contributed by atoms with Crippen LogP contribution in [0.2, 0.25) is 0 Å². The maximum absolute atomic E-state index is 10.4. The molecule has 0 aliphatic heterocycles. The monoisotopic (exact) mass is 212 g/mol. The average molecular weight is 212 g/mol. The minimum Gasteiger partial charge on any atom is -0.389 e. The van der Waals surface area contributed by atoms with Crippen molar-refractivity contribution in [2.75, 3.05) is 0 Å². The predicted octanol–water partition coefficient (Wildman–Crippen LogP) is 1.42. The molecule has 0 radical (unpaired) electrons. The van der Waals surface area contributed by atoms with Gasteiger partial charge >= 0.3 is 6.03 Å². The first kappa shape index (κ1) is 10.9. The van der Waals surface area contributed by atoms with E-state index in [1.54, 1.807) is 13.0 Å². The zero-order valence-corrected chi connectivity index (χ0v) is 8.54. The molecule has 0 aliphatic carbocycles. The minimum absolute atomic E-state index is 0.510. The van der Waals surface area contributed by atoms with Crippen molar-refractivity contribution in [2.45, 2.75) is 17.9 Å². The second kappa shape index (κ2) is 4.88. The number of amides is 2. The number of aliphatic hydroxyl groups is 1. The first-order valence-electron chi connectivity index (χ1n) is 4.10. The number of rotatable bonds is 3. The third kappa shape index (κ3) is 3.27. The van der Waals surface area contributed by atoms with Gasteiger partial charge in [-0.05, 0) is 36.6 Å². The summed E-state index contributed by atoms with van der Waals surface area (Å²) in [5.41, 5.74) is 5.72. The summed E-state index contributed by atoms with van der Waals surface area (Å²) in [7, 11) is 0. The quantitative estimate of drug-likeness (QED) is 0.663. The summed E-state index contributed by atoms with van der Waals surface area (Å²) >= 11 is 1.12. The molecule has 0 bridgehead atoms. The zero-order valence-electron chi connectivity index (χ0n) is 7.73. The second-order valence-electron chi connectivity index (χ2n) is 2.82. The van der Waals surface area contributed by atoms with Crippen molar-refractivity contribution in [2.24, 2.45) is 5.73 Å². The van der Waals surface area contributed by atoms with Gasteiger partial charge in [0, 0.05) is 4.90 Å². The lowest BCUT2D eigenvalue weighted by Crippen LogP contribution is -2.22. The molecule has 1 atom stereocenters. The molecular weight excluding hydrogens is 200 g/mol. The van der Waals surface area contributed by atoms with Gasteiger partial charge in [-0.15, -0.1) is 0 Å². The fraction of sp³-hybridized carbons (Fsp3) is 0.222. The van der Waals surface area contributed by atoms with Crippen LogP contribution in [0.15, 0.2) is 29.2 Å². The number of carbonyl (C=O) groups is 1. The highest BCUT2D eigenvalue weighted by Crippen LogP contribution is 2.19. The maximum Gasteiger partial charge on any atom is 0.322 e. The summed E-state index contributed by atoms with van der Waals surface area (Å²) in [4.78, 5) is 11.3. The Hall–Kier alpha value is -1.20. The number of nitrogens with two attached hydrogens (primary N) is 1. The Labute approximate surface area is 86.6 Å². The van der Waals surface area contributed by atoms with E-state index in [4.69, 9.17) is 5.73 Å². The Morgan fingerprint density at radius 3 is 2.93 bits per heavy atom. The lowest BCUT2D eigenvalue weighted by molar-refractivity contribution is 0.199. The number of urea groups is 1. The van der Waals surface area contributed by atoms with Crippen LogP contribution in [-0.2, 0) is 0 Å². The van der Waals surface area contributed by atoms with Crippen molar-refractivity contribution < 1.29 is 9.90 Å². The van der Waals surface area contributed by atoms with Gasteiger partial charge in [-0.25, -0.2) is 4.79 Å². The summed E-state index contributed by atoms with van der Waals surface area (Å²) < 4.78 is 2.40. The molecule has 1 aromatic carbocycles. The van der Waals surface area contributed by atoms with E-state index in [1.165, 1.54) is 0 Å². The predicted molar refractivity (Wildman–Crippen MR) is 55.7 cm³/mol. The average Bonchev–Trinajstić information content (AvgIpc) is 2.15. The highest BCUT2D eigenvalue weighted by molar-refractivity contribution is 7.98. The van der Waals surface area contributed by atoms with E-state index in [0.717, 1.165) is 22.4 Å². The number of primary amides is 1. The van der Waals surface area contributed by atoms with E-state index in [2.05, 4.69) is 4.72 Å². The molecular formula is C9H12N2O2S. The molecule has 14 heavy (non-hydrogen) atoms. The van der Waals surface area contributed by atoms with Crippen LogP contribution in [0, 0.1) is 0 Å². The fourth-order valence-corrected chi connectivity index (χ4v) is 1.51. The van der Waals surface area contributed by atoms with Crippen LogP contribution in [-0.4, -0.2) is 11.1 Å². The van der Waals surface area contributed by atoms with E-state index in [0.29, 0.717) is 0 Å². The van der Waals surface area contributed by atoms with Crippen molar-refractivity contribution >= 4 is 18.0 Å². The van der Waals surface area contributed by atoms with Gasteiger partial charge in [0.15, 0.2) is 0 Å².